The zero-order valence-corrected chi connectivity index (χ0v) is 12.0. The van der Waals surface area contributed by atoms with Crippen LogP contribution in [-0.4, -0.2) is 6.10 Å². The van der Waals surface area contributed by atoms with E-state index in [0.717, 1.165) is 22.2 Å². The van der Waals surface area contributed by atoms with Crippen molar-refractivity contribution in [1.29, 1.82) is 0 Å². The SMILES string of the molecule is CCCC(C)C1CC(N)c2ccc(Br)cc2O1. The van der Waals surface area contributed by atoms with Gasteiger partial charge in [-0.25, -0.2) is 0 Å². The van der Waals surface area contributed by atoms with E-state index in [2.05, 4.69) is 35.8 Å². The number of hydrogen-bond acceptors (Lipinski definition) is 2. The van der Waals surface area contributed by atoms with Crippen molar-refractivity contribution in [2.24, 2.45) is 11.7 Å². The molecule has 1 heterocycles. The third-order valence-electron chi connectivity index (χ3n) is 3.52. The second-order valence-electron chi connectivity index (χ2n) is 4.95. The van der Waals surface area contributed by atoms with Crippen molar-refractivity contribution in [2.75, 3.05) is 0 Å². The minimum Gasteiger partial charge on any atom is -0.490 e. The van der Waals surface area contributed by atoms with Gasteiger partial charge in [0.15, 0.2) is 0 Å². The van der Waals surface area contributed by atoms with Gasteiger partial charge in [-0.3, -0.25) is 0 Å². The molecule has 2 nitrogen and oxygen atoms in total. The number of benzene rings is 1. The Labute approximate surface area is 112 Å². The van der Waals surface area contributed by atoms with Crippen molar-refractivity contribution in [2.45, 2.75) is 45.3 Å². The molecule has 3 unspecified atom stereocenters. The van der Waals surface area contributed by atoms with Crippen molar-refractivity contribution in [3.63, 3.8) is 0 Å². The van der Waals surface area contributed by atoms with E-state index < -0.39 is 0 Å². The van der Waals surface area contributed by atoms with E-state index >= 15 is 0 Å². The first-order valence-corrected chi connectivity index (χ1v) is 7.12. The number of hydrogen-bond donors (Lipinski definition) is 1. The van der Waals surface area contributed by atoms with Crippen LogP contribution in [0.3, 0.4) is 0 Å². The molecule has 3 heteroatoms. The quantitative estimate of drug-likeness (QED) is 0.914. The van der Waals surface area contributed by atoms with Crippen LogP contribution in [0.2, 0.25) is 0 Å². The Bertz CT molecular complexity index is 394. The van der Waals surface area contributed by atoms with Crippen molar-refractivity contribution in [3.05, 3.63) is 28.2 Å². The molecule has 1 aromatic carbocycles. The van der Waals surface area contributed by atoms with Gasteiger partial charge < -0.3 is 10.5 Å². The highest BCUT2D eigenvalue weighted by Crippen LogP contribution is 2.37. The first-order chi connectivity index (χ1) is 8.11. The molecule has 0 radical (unpaired) electrons. The average Bonchev–Trinajstić information content (AvgIpc) is 2.28. The van der Waals surface area contributed by atoms with Gasteiger partial charge >= 0.3 is 0 Å². The van der Waals surface area contributed by atoms with Gasteiger partial charge in [0.25, 0.3) is 0 Å². The summed E-state index contributed by atoms with van der Waals surface area (Å²) in [5.74, 6) is 1.52. The fourth-order valence-corrected chi connectivity index (χ4v) is 2.83. The highest BCUT2D eigenvalue weighted by atomic mass is 79.9. The Kier molecular flexibility index (Phi) is 4.10. The van der Waals surface area contributed by atoms with Crippen LogP contribution in [0.4, 0.5) is 0 Å². The van der Waals surface area contributed by atoms with Gasteiger partial charge in [-0.15, -0.1) is 0 Å². The van der Waals surface area contributed by atoms with Gasteiger partial charge in [0, 0.05) is 22.5 Å². The molecule has 1 aliphatic heterocycles. The molecule has 17 heavy (non-hydrogen) atoms. The molecule has 0 saturated heterocycles. The van der Waals surface area contributed by atoms with Gasteiger partial charge in [-0.1, -0.05) is 42.3 Å². The maximum absolute atomic E-state index is 6.23. The molecule has 0 amide bonds. The predicted octanol–water partition coefficient (Wildman–Crippen LogP) is 4.04. The van der Waals surface area contributed by atoms with Crippen molar-refractivity contribution in [1.82, 2.24) is 0 Å². The van der Waals surface area contributed by atoms with E-state index in [1.54, 1.807) is 0 Å². The summed E-state index contributed by atoms with van der Waals surface area (Å²) >= 11 is 3.48. The maximum atomic E-state index is 6.23. The number of halogens is 1. The average molecular weight is 298 g/mol. The van der Waals surface area contributed by atoms with Crippen LogP contribution in [0.5, 0.6) is 5.75 Å². The molecule has 2 N–H and O–H groups in total. The van der Waals surface area contributed by atoms with Crippen molar-refractivity contribution in [3.8, 4) is 5.75 Å². The topological polar surface area (TPSA) is 35.2 Å². The second kappa shape index (κ2) is 5.40. The monoisotopic (exact) mass is 297 g/mol. The van der Waals surface area contributed by atoms with Crippen LogP contribution < -0.4 is 10.5 Å². The zero-order chi connectivity index (χ0) is 12.4. The standard InChI is InChI=1S/C14H20BrNO/c1-3-4-9(2)13-8-12(16)11-6-5-10(15)7-14(11)17-13/h5-7,9,12-13H,3-4,8,16H2,1-2H3. The van der Waals surface area contributed by atoms with E-state index in [9.17, 15) is 0 Å². The van der Waals surface area contributed by atoms with E-state index in [1.165, 1.54) is 12.8 Å². The lowest BCUT2D eigenvalue weighted by Crippen LogP contribution is -2.34. The lowest BCUT2D eigenvalue weighted by Gasteiger charge is -2.33. The zero-order valence-electron chi connectivity index (χ0n) is 10.4. The third-order valence-corrected chi connectivity index (χ3v) is 4.01. The minimum absolute atomic E-state index is 0.108. The molecule has 0 fully saturated rings. The number of nitrogens with two attached hydrogens (primary N) is 1. The van der Waals surface area contributed by atoms with Crippen LogP contribution in [0.15, 0.2) is 22.7 Å². The highest BCUT2D eigenvalue weighted by Gasteiger charge is 2.29. The van der Waals surface area contributed by atoms with Crippen molar-refractivity contribution < 1.29 is 4.74 Å². The first kappa shape index (κ1) is 12.9. The highest BCUT2D eigenvalue weighted by molar-refractivity contribution is 9.10. The van der Waals surface area contributed by atoms with Gasteiger partial charge in [0.1, 0.15) is 11.9 Å². The maximum Gasteiger partial charge on any atom is 0.125 e. The lowest BCUT2D eigenvalue weighted by molar-refractivity contribution is 0.102. The van der Waals surface area contributed by atoms with E-state index in [-0.39, 0.29) is 12.1 Å². The normalized spacial score (nSPS) is 24.9. The van der Waals surface area contributed by atoms with Gasteiger partial charge in [0.2, 0.25) is 0 Å². The van der Waals surface area contributed by atoms with Crippen LogP contribution in [-0.2, 0) is 0 Å². The largest absolute Gasteiger partial charge is 0.490 e. The van der Waals surface area contributed by atoms with Gasteiger partial charge in [-0.2, -0.15) is 0 Å². The van der Waals surface area contributed by atoms with Gasteiger partial charge in [-0.05, 0) is 24.5 Å². The number of rotatable bonds is 3. The third kappa shape index (κ3) is 2.83. The molecule has 2 rings (SSSR count). The molecule has 0 aliphatic carbocycles. The van der Waals surface area contributed by atoms with Crippen LogP contribution in [0.1, 0.15) is 44.7 Å². The molecular formula is C14H20BrNO. The smallest absolute Gasteiger partial charge is 0.125 e. The molecule has 1 aliphatic rings. The summed E-state index contributed by atoms with van der Waals surface area (Å²) in [5.41, 5.74) is 7.36. The summed E-state index contributed by atoms with van der Waals surface area (Å²) in [6, 6.07) is 6.22. The summed E-state index contributed by atoms with van der Waals surface area (Å²) in [6.07, 6.45) is 3.57. The van der Waals surface area contributed by atoms with E-state index in [4.69, 9.17) is 10.5 Å². The second-order valence-corrected chi connectivity index (χ2v) is 5.86. The van der Waals surface area contributed by atoms with E-state index in [0.29, 0.717) is 5.92 Å². The fraction of sp³-hybridized carbons (Fsp3) is 0.571. The summed E-state index contributed by atoms with van der Waals surface area (Å²) in [4.78, 5) is 0. The first-order valence-electron chi connectivity index (χ1n) is 6.33. The van der Waals surface area contributed by atoms with Gasteiger partial charge in [0.05, 0.1) is 0 Å². The van der Waals surface area contributed by atoms with Crippen molar-refractivity contribution >= 4 is 15.9 Å². The summed E-state index contributed by atoms with van der Waals surface area (Å²) < 4.78 is 7.14. The van der Waals surface area contributed by atoms with E-state index in [1.807, 2.05) is 12.1 Å². The molecule has 0 bridgehead atoms. The Morgan fingerprint density at radius 3 is 3.00 bits per heavy atom. The molecule has 0 aromatic heterocycles. The summed E-state index contributed by atoms with van der Waals surface area (Å²) in [7, 11) is 0. The Balaban J connectivity index is 2.19. The Hall–Kier alpha value is -0.540. The fourth-order valence-electron chi connectivity index (χ4n) is 2.49. The summed E-state index contributed by atoms with van der Waals surface area (Å²) in [5, 5.41) is 0. The Morgan fingerprint density at radius 1 is 1.53 bits per heavy atom. The number of ether oxygens (including phenoxy) is 1. The predicted molar refractivity (Wildman–Crippen MR) is 74.2 cm³/mol. The minimum atomic E-state index is 0.108. The number of fused-ring (bicyclic) bond motifs is 1. The molecule has 3 atom stereocenters. The van der Waals surface area contributed by atoms with Crippen LogP contribution in [0, 0.1) is 5.92 Å². The van der Waals surface area contributed by atoms with Crippen LogP contribution >= 0.6 is 15.9 Å². The molecule has 94 valence electrons. The Morgan fingerprint density at radius 2 is 2.29 bits per heavy atom. The van der Waals surface area contributed by atoms with Crippen LogP contribution in [0.25, 0.3) is 0 Å². The molecule has 0 saturated carbocycles. The lowest BCUT2D eigenvalue weighted by atomic mass is 9.89. The molecule has 0 spiro atoms. The molecular weight excluding hydrogens is 278 g/mol. The summed E-state index contributed by atoms with van der Waals surface area (Å²) in [6.45, 7) is 4.47. The molecule has 1 aromatic rings.